The van der Waals surface area contributed by atoms with Crippen LogP contribution < -0.4 is 10.2 Å². The first-order chi connectivity index (χ1) is 18.2. The van der Waals surface area contributed by atoms with Crippen molar-refractivity contribution in [3.05, 3.63) is 36.8 Å². The highest BCUT2D eigenvalue weighted by molar-refractivity contribution is 5.81. The Morgan fingerprint density at radius 3 is 2.66 bits per heavy atom. The standard InChI is InChI=1S/C29H39N7O2/c1-29(2,3)38-28(37)30-9-5-6-19-10-22(11-19)36-16-20(14-32-36)27-15-31-25-8-7-21(13-26(25)33-27)35-18-23-12-24(35)17-34(23)4/h7-8,13-16,19,22-24H,5-6,9-12,17-18H2,1-4H3,(H,30,37)/t19?,22?,23-,24-/m1/s1. The summed E-state index contributed by atoms with van der Waals surface area (Å²) in [5.74, 6) is 0.674. The molecule has 2 aromatic heterocycles. The molecule has 1 aliphatic carbocycles. The molecule has 2 atom stereocenters. The van der Waals surface area contributed by atoms with E-state index in [2.05, 4.69) is 56.3 Å². The number of nitrogens with zero attached hydrogens (tertiary/aromatic N) is 6. The Labute approximate surface area is 224 Å². The molecule has 2 bridgehead atoms. The van der Waals surface area contributed by atoms with Crippen LogP contribution in [0.2, 0.25) is 0 Å². The fourth-order valence-corrected chi connectivity index (χ4v) is 6.22. The summed E-state index contributed by atoms with van der Waals surface area (Å²) in [6, 6.07) is 8.18. The molecule has 6 rings (SSSR count). The number of nitrogens with one attached hydrogen (secondary N) is 1. The second-order valence-electron chi connectivity index (χ2n) is 12.3. The van der Waals surface area contributed by atoms with E-state index >= 15 is 0 Å². The Morgan fingerprint density at radius 1 is 1.08 bits per heavy atom. The molecule has 202 valence electrons. The number of piperazine rings is 1. The third-order valence-electron chi connectivity index (χ3n) is 8.31. The quantitative estimate of drug-likeness (QED) is 0.457. The Bertz CT molecular complexity index is 1310. The van der Waals surface area contributed by atoms with Gasteiger partial charge in [0.05, 0.1) is 35.2 Å². The van der Waals surface area contributed by atoms with Crippen LogP contribution in [0.15, 0.2) is 36.8 Å². The first-order valence-corrected chi connectivity index (χ1v) is 14.0. The van der Waals surface area contributed by atoms with E-state index < -0.39 is 5.60 Å². The van der Waals surface area contributed by atoms with Crippen molar-refractivity contribution in [2.24, 2.45) is 5.92 Å². The van der Waals surface area contributed by atoms with E-state index in [1.807, 2.05) is 33.2 Å². The fourth-order valence-electron chi connectivity index (χ4n) is 6.22. The lowest BCUT2D eigenvalue weighted by atomic mass is 9.77. The second kappa shape index (κ2) is 9.84. The molecule has 2 saturated heterocycles. The van der Waals surface area contributed by atoms with E-state index in [0.29, 0.717) is 30.6 Å². The summed E-state index contributed by atoms with van der Waals surface area (Å²) in [7, 11) is 2.23. The van der Waals surface area contributed by atoms with Gasteiger partial charge < -0.3 is 15.0 Å². The molecular weight excluding hydrogens is 478 g/mol. The summed E-state index contributed by atoms with van der Waals surface area (Å²) in [5, 5.41) is 7.51. The van der Waals surface area contributed by atoms with Crippen LogP contribution >= 0.6 is 0 Å². The molecule has 1 aromatic carbocycles. The number of fused-ring (bicyclic) bond motifs is 3. The summed E-state index contributed by atoms with van der Waals surface area (Å²) in [6.07, 6.45) is 11.1. The predicted molar refractivity (Wildman–Crippen MR) is 148 cm³/mol. The Hall–Kier alpha value is -3.20. The lowest BCUT2D eigenvalue weighted by Gasteiger charge is -2.35. The van der Waals surface area contributed by atoms with E-state index in [0.717, 1.165) is 61.1 Å². The highest BCUT2D eigenvalue weighted by Gasteiger charge is 2.41. The molecule has 2 aliphatic heterocycles. The van der Waals surface area contributed by atoms with Crippen molar-refractivity contribution in [2.45, 2.75) is 76.6 Å². The van der Waals surface area contributed by atoms with Crippen LogP contribution in [0.4, 0.5) is 10.5 Å². The van der Waals surface area contributed by atoms with Gasteiger partial charge in [0.1, 0.15) is 5.60 Å². The predicted octanol–water partition coefficient (Wildman–Crippen LogP) is 4.64. The monoisotopic (exact) mass is 517 g/mol. The Morgan fingerprint density at radius 2 is 1.92 bits per heavy atom. The van der Waals surface area contributed by atoms with Gasteiger partial charge in [-0.3, -0.25) is 14.6 Å². The van der Waals surface area contributed by atoms with Gasteiger partial charge in [0.2, 0.25) is 0 Å². The van der Waals surface area contributed by atoms with Crippen LogP contribution in [-0.4, -0.2) is 75.1 Å². The molecule has 38 heavy (non-hydrogen) atoms. The molecule has 9 heteroatoms. The molecule has 9 nitrogen and oxygen atoms in total. The third kappa shape index (κ3) is 5.21. The molecule has 3 aromatic rings. The van der Waals surface area contributed by atoms with E-state index in [1.54, 1.807) is 0 Å². The number of likely N-dealkylation sites (tertiary alicyclic amines) is 1. The highest BCUT2D eigenvalue weighted by Crippen LogP contribution is 2.40. The summed E-state index contributed by atoms with van der Waals surface area (Å²) >= 11 is 0. The van der Waals surface area contributed by atoms with Crippen molar-refractivity contribution in [1.29, 1.82) is 0 Å². The van der Waals surface area contributed by atoms with Crippen LogP contribution in [0.5, 0.6) is 0 Å². The van der Waals surface area contributed by atoms with Crippen LogP contribution in [-0.2, 0) is 4.74 Å². The fraction of sp³-hybridized carbons (Fsp3) is 0.586. The summed E-state index contributed by atoms with van der Waals surface area (Å²) in [5.41, 5.74) is 4.54. The number of ether oxygens (including phenoxy) is 1. The molecule has 0 spiro atoms. The molecule has 1 N–H and O–H groups in total. The van der Waals surface area contributed by atoms with Crippen LogP contribution in [0.1, 0.15) is 58.9 Å². The van der Waals surface area contributed by atoms with Gasteiger partial charge in [-0.25, -0.2) is 9.78 Å². The maximum absolute atomic E-state index is 11.8. The third-order valence-corrected chi connectivity index (χ3v) is 8.31. The number of rotatable bonds is 7. The topological polar surface area (TPSA) is 88.4 Å². The van der Waals surface area contributed by atoms with Gasteiger partial charge >= 0.3 is 6.09 Å². The van der Waals surface area contributed by atoms with E-state index in [9.17, 15) is 4.79 Å². The summed E-state index contributed by atoms with van der Waals surface area (Å²) < 4.78 is 7.38. The lowest BCUT2D eigenvalue weighted by molar-refractivity contribution is 0.0524. The molecule has 1 saturated carbocycles. The molecule has 0 unspecified atom stereocenters. The minimum absolute atomic E-state index is 0.336. The highest BCUT2D eigenvalue weighted by atomic mass is 16.6. The van der Waals surface area contributed by atoms with Gasteiger partial charge in [-0.15, -0.1) is 0 Å². The zero-order chi connectivity index (χ0) is 26.4. The van der Waals surface area contributed by atoms with Gasteiger partial charge in [-0.1, -0.05) is 0 Å². The van der Waals surface area contributed by atoms with Gasteiger partial charge in [0.15, 0.2) is 0 Å². The Kier molecular flexibility index (Phi) is 6.50. The number of hydrogen-bond donors (Lipinski definition) is 1. The van der Waals surface area contributed by atoms with Crippen molar-refractivity contribution >= 4 is 22.8 Å². The number of aromatic nitrogens is 4. The molecule has 3 aliphatic rings. The minimum atomic E-state index is -0.458. The van der Waals surface area contributed by atoms with Crippen molar-refractivity contribution in [2.75, 3.05) is 31.6 Å². The van der Waals surface area contributed by atoms with Gasteiger partial charge in [-0.2, -0.15) is 5.10 Å². The normalized spacial score (nSPS) is 25.1. The number of alkyl carbamates (subject to hydrolysis) is 1. The minimum Gasteiger partial charge on any atom is -0.444 e. The average Bonchev–Trinajstić information content (AvgIpc) is 3.57. The summed E-state index contributed by atoms with van der Waals surface area (Å²) in [6.45, 7) is 8.51. The maximum Gasteiger partial charge on any atom is 0.407 e. The number of anilines is 1. The number of carbonyl (C=O) groups excluding carboxylic acids is 1. The zero-order valence-electron chi connectivity index (χ0n) is 22.9. The largest absolute Gasteiger partial charge is 0.444 e. The molecular formula is C29H39N7O2. The molecule has 1 amide bonds. The van der Waals surface area contributed by atoms with Gasteiger partial charge in [-0.05, 0) is 84.0 Å². The van der Waals surface area contributed by atoms with Gasteiger partial charge in [0.25, 0.3) is 0 Å². The number of hydrogen-bond acceptors (Lipinski definition) is 7. The van der Waals surface area contributed by atoms with Crippen molar-refractivity contribution in [3.63, 3.8) is 0 Å². The van der Waals surface area contributed by atoms with E-state index in [-0.39, 0.29) is 6.09 Å². The Balaban J connectivity index is 1.03. The van der Waals surface area contributed by atoms with E-state index in [1.165, 1.54) is 12.1 Å². The van der Waals surface area contributed by atoms with Crippen molar-refractivity contribution in [3.8, 4) is 11.3 Å². The molecule has 3 fully saturated rings. The SMILES string of the molecule is CN1C[C@H]2C[C@@H]1CN2c1ccc2ncc(-c3cnn(C4CC(CCCNC(=O)OC(C)(C)C)C4)c3)nc2c1. The molecule has 0 radical (unpaired) electrons. The average molecular weight is 518 g/mol. The maximum atomic E-state index is 11.8. The second-order valence-corrected chi connectivity index (χ2v) is 12.3. The van der Waals surface area contributed by atoms with Gasteiger partial charge in [0, 0.05) is 49.2 Å². The zero-order valence-corrected chi connectivity index (χ0v) is 22.9. The molecule has 4 heterocycles. The number of benzene rings is 1. The smallest absolute Gasteiger partial charge is 0.407 e. The van der Waals surface area contributed by atoms with Crippen molar-refractivity contribution in [1.82, 2.24) is 30.0 Å². The lowest BCUT2D eigenvalue weighted by Crippen LogP contribution is -2.44. The number of likely N-dealkylation sites (N-methyl/N-ethyl adjacent to an activating group) is 1. The first-order valence-electron chi connectivity index (χ1n) is 14.0. The van der Waals surface area contributed by atoms with Crippen LogP contribution in [0, 0.1) is 5.92 Å². The van der Waals surface area contributed by atoms with E-state index in [4.69, 9.17) is 14.7 Å². The number of carbonyl (C=O) groups is 1. The number of amides is 1. The van der Waals surface area contributed by atoms with Crippen LogP contribution in [0.3, 0.4) is 0 Å². The van der Waals surface area contributed by atoms with Crippen LogP contribution in [0.25, 0.3) is 22.3 Å². The van der Waals surface area contributed by atoms with Crippen molar-refractivity contribution < 1.29 is 9.53 Å². The summed E-state index contributed by atoms with van der Waals surface area (Å²) in [4.78, 5) is 26.5. The first kappa shape index (κ1) is 25.1.